The number of anilines is 1. The van der Waals surface area contributed by atoms with Crippen molar-refractivity contribution in [3.05, 3.63) is 65.2 Å². The van der Waals surface area contributed by atoms with E-state index in [2.05, 4.69) is 57.3 Å². The van der Waals surface area contributed by atoms with Gasteiger partial charge in [-0.15, -0.1) is 0 Å². The Morgan fingerprint density at radius 3 is 2.37 bits per heavy atom. The molecule has 0 saturated heterocycles. The second kappa shape index (κ2) is 12.9. The third-order valence-corrected chi connectivity index (χ3v) is 6.74. The number of rotatable bonds is 11. The van der Waals surface area contributed by atoms with Crippen LogP contribution >= 0.6 is 0 Å². The van der Waals surface area contributed by atoms with Gasteiger partial charge in [-0.05, 0) is 61.8 Å². The Labute approximate surface area is 211 Å². The van der Waals surface area contributed by atoms with Gasteiger partial charge in [0, 0.05) is 25.1 Å². The highest BCUT2D eigenvalue weighted by molar-refractivity contribution is 5.94. The third-order valence-electron chi connectivity index (χ3n) is 6.74. The zero-order chi connectivity index (χ0) is 25.3. The average molecular weight is 479 g/mol. The lowest BCUT2D eigenvalue weighted by atomic mass is 9.95. The molecule has 0 bridgehead atoms. The summed E-state index contributed by atoms with van der Waals surface area (Å²) in [6.45, 7) is 9.91. The zero-order valence-corrected chi connectivity index (χ0v) is 21.9. The Balaban J connectivity index is 1.48. The summed E-state index contributed by atoms with van der Waals surface area (Å²) in [6, 6.07) is 16.5. The smallest absolute Gasteiger partial charge is 0.229 e. The first kappa shape index (κ1) is 26.9. The van der Waals surface area contributed by atoms with E-state index in [9.17, 15) is 9.59 Å². The number of aryl methyl sites for hydroxylation is 2. The molecule has 0 fully saturated rings. The lowest BCUT2D eigenvalue weighted by molar-refractivity contribution is -0.123. The summed E-state index contributed by atoms with van der Waals surface area (Å²) in [5.41, 5.74) is 4.42. The highest BCUT2D eigenvalue weighted by atomic mass is 16.5. The fraction of sp³-hybridized carbons (Fsp3) is 0.533. The van der Waals surface area contributed by atoms with Crippen molar-refractivity contribution in [3.8, 4) is 0 Å². The summed E-state index contributed by atoms with van der Waals surface area (Å²) in [6.07, 6.45) is 5.76. The van der Waals surface area contributed by atoms with E-state index < -0.39 is 0 Å². The summed E-state index contributed by atoms with van der Waals surface area (Å²) in [5.74, 6) is 0.646. The number of ether oxygens (including phenoxy) is 1. The van der Waals surface area contributed by atoms with E-state index in [1.807, 2.05) is 29.2 Å². The van der Waals surface area contributed by atoms with Gasteiger partial charge in [0.1, 0.15) is 0 Å². The van der Waals surface area contributed by atoms with Crippen LogP contribution in [0.5, 0.6) is 0 Å². The molecule has 2 aromatic carbocycles. The van der Waals surface area contributed by atoms with Crippen molar-refractivity contribution in [2.45, 2.75) is 84.8 Å². The van der Waals surface area contributed by atoms with Crippen molar-refractivity contribution in [2.75, 3.05) is 18.1 Å². The highest BCUT2D eigenvalue weighted by Gasteiger charge is 2.22. The lowest BCUT2D eigenvalue weighted by Gasteiger charge is -2.29. The minimum atomic E-state index is -0.222. The minimum Gasteiger partial charge on any atom is -0.375 e. The van der Waals surface area contributed by atoms with Gasteiger partial charge in [-0.25, -0.2) is 0 Å². The summed E-state index contributed by atoms with van der Waals surface area (Å²) in [5, 5.41) is 2.90. The number of carbonyl (C=O) groups excluding carboxylic acids is 2. The number of carbonyl (C=O) groups is 2. The van der Waals surface area contributed by atoms with Gasteiger partial charge in [-0.1, -0.05) is 69.2 Å². The third kappa shape index (κ3) is 8.50. The molecule has 35 heavy (non-hydrogen) atoms. The van der Waals surface area contributed by atoms with Crippen LogP contribution in [0.2, 0.25) is 0 Å². The number of nitrogens with one attached hydrogen (secondary N) is 1. The van der Waals surface area contributed by atoms with Gasteiger partial charge < -0.3 is 15.0 Å². The summed E-state index contributed by atoms with van der Waals surface area (Å²) in [7, 11) is 0. The number of hydrogen-bond donors (Lipinski definition) is 1. The zero-order valence-electron chi connectivity index (χ0n) is 21.9. The first-order valence-electron chi connectivity index (χ1n) is 13.1. The van der Waals surface area contributed by atoms with Crippen molar-refractivity contribution < 1.29 is 14.3 Å². The Morgan fingerprint density at radius 1 is 0.971 bits per heavy atom. The van der Waals surface area contributed by atoms with Crippen molar-refractivity contribution >= 4 is 17.5 Å². The molecule has 0 spiro atoms. The van der Waals surface area contributed by atoms with Gasteiger partial charge in [-0.3, -0.25) is 9.59 Å². The standard InChI is InChI=1S/C30H42N2O3/c1-23(2)10-9-19-30(3,4)35-21-18-28(33)31-20-17-29(34)32-22-26-13-6-5-11-24(26)15-16-25-12-7-8-14-27(25)32/h5-8,11-14,23H,9-10,15-22H2,1-4H3,(H,31,33). The Morgan fingerprint density at radius 2 is 1.63 bits per heavy atom. The van der Waals surface area contributed by atoms with E-state index in [0.717, 1.165) is 31.4 Å². The maximum absolute atomic E-state index is 13.3. The SMILES string of the molecule is CC(C)CCCC(C)(C)OCCC(=O)NCCC(=O)N1Cc2ccccc2CCc2ccccc21. The molecule has 1 aliphatic rings. The predicted molar refractivity (Wildman–Crippen MR) is 142 cm³/mol. The van der Waals surface area contributed by atoms with E-state index in [-0.39, 0.29) is 23.8 Å². The molecule has 0 radical (unpaired) electrons. The number of nitrogens with zero attached hydrogens (tertiary/aromatic N) is 1. The second-order valence-corrected chi connectivity index (χ2v) is 10.6. The molecule has 0 saturated carbocycles. The molecule has 0 aliphatic carbocycles. The van der Waals surface area contributed by atoms with Crippen LogP contribution in [0.3, 0.4) is 0 Å². The summed E-state index contributed by atoms with van der Waals surface area (Å²) in [4.78, 5) is 27.5. The maximum atomic E-state index is 13.3. The Bertz CT molecular complexity index is 983. The molecule has 0 atom stereocenters. The highest BCUT2D eigenvalue weighted by Crippen LogP contribution is 2.28. The van der Waals surface area contributed by atoms with Crippen molar-refractivity contribution in [1.29, 1.82) is 0 Å². The topological polar surface area (TPSA) is 58.6 Å². The van der Waals surface area contributed by atoms with Gasteiger partial charge in [0.15, 0.2) is 0 Å². The number of hydrogen-bond acceptors (Lipinski definition) is 3. The van der Waals surface area contributed by atoms with Crippen LogP contribution in [0, 0.1) is 5.92 Å². The average Bonchev–Trinajstić information content (AvgIpc) is 2.80. The Kier molecular flexibility index (Phi) is 9.91. The van der Waals surface area contributed by atoms with Crippen LogP contribution in [0.4, 0.5) is 5.69 Å². The molecule has 5 nitrogen and oxygen atoms in total. The molecule has 0 unspecified atom stereocenters. The van der Waals surface area contributed by atoms with Crippen LogP contribution in [0.25, 0.3) is 0 Å². The summed E-state index contributed by atoms with van der Waals surface area (Å²) < 4.78 is 5.97. The maximum Gasteiger partial charge on any atom is 0.229 e. The van der Waals surface area contributed by atoms with E-state index in [1.165, 1.54) is 23.1 Å². The first-order chi connectivity index (χ1) is 16.7. The van der Waals surface area contributed by atoms with E-state index in [1.54, 1.807) is 0 Å². The lowest BCUT2D eigenvalue weighted by Crippen LogP contribution is -2.36. The Hall–Kier alpha value is -2.66. The second-order valence-electron chi connectivity index (χ2n) is 10.6. The van der Waals surface area contributed by atoms with E-state index >= 15 is 0 Å². The largest absolute Gasteiger partial charge is 0.375 e. The van der Waals surface area contributed by atoms with Crippen LogP contribution in [-0.2, 0) is 33.7 Å². The van der Waals surface area contributed by atoms with Crippen LogP contribution in [0.1, 0.15) is 76.5 Å². The number of amides is 2. The fourth-order valence-electron chi connectivity index (χ4n) is 4.65. The molecule has 3 rings (SSSR count). The number of benzene rings is 2. The summed E-state index contributed by atoms with van der Waals surface area (Å²) >= 11 is 0. The van der Waals surface area contributed by atoms with Crippen LogP contribution < -0.4 is 10.2 Å². The molecule has 2 amide bonds. The van der Waals surface area contributed by atoms with Gasteiger partial charge in [0.2, 0.25) is 11.8 Å². The normalized spacial score (nSPS) is 13.6. The van der Waals surface area contributed by atoms with E-state index in [4.69, 9.17) is 4.74 Å². The molecular formula is C30H42N2O3. The molecular weight excluding hydrogens is 436 g/mol. The van der Waals surface area contributed by atoms with Gasteiger partial charge in [0.05, 0.1) is 18.8 Å². The predicted octanol–water partition coefficient (Wildman–Crippen LogP) is 5.84. The molecule has 5 heteroatoms. The first-order valence-corrected chi connectivity index (χ1v) is 13.1. The number of fused-ring (bicyclic) bond motifs is 2. The van der Waals surface area contributed by atoms with Gasteiger partial charge in [0.25, 0.3) is 0 Å². The fourth-order valence-corrected chi connectivity index (χ4v) is 4.65. The molecule has 2 aromatic rings. The molecule has 190 valence electrons. The quantitative estimate of drug-likeness (QED) is 0.442. The molecule has 0 aromatic heterocycles. The van der Waals surface area contributed by atoms with E-state index in [0.29, 0.717) is 32.0 Å². The van der Waals surface area contributed by atoms with Crippen LogP contribution in [0.15, 0.2) is 48.5 Å². The van der Waals surface area contributed by atoms with Crippen molar-refractivity contribution in [3.63, 3.8) is 0 Å². The molecule has 1 N–H and O–H groups in total. The van der Waals surface area contributed by atoms with Crippen molar-refractivity contribution in [1.82, 2.24) is 5.32 Å². The molecule has 1 aliphatic heterocycles. The van der Waals surface area contributed by atoms with Gasteiger partial charge >= 0.3 is 0 Å². The van der Waals surface area contributed by atoms with Crippen LogP contribution in [-0.4, -0.2) is 30.6 Å². The monoisotopic (exact) mass is 478 g/mol. The van der Waals surface area contributed by atoms with Crippen molar-refractivity contribution in [2.24, 2.45) is 5.92 Å². The minimum absolute atomic E-state index is 0.0250. The molecule has 1 heterocycles. The number of para-hydroxylation sites is 1. The van der Waals surface area contributed by atoms with Gasteiger partial charge in [-0.2, -0.15) is 0 Å².